The van der Waals surface area contributed by atoms with Gasteiger partial charge in [-0.05, 0) is 16.5 Å². The van der Waals surface area contributed by atoms with Gasteiger partial charge < -0.3 is 24.8 Å². The van der Waals surface area contributed by atoms with Crippen molar-refractivity contribution < 1.29 is 51.0 Å². The van der Waals surface area contributed by atoms with Crippen molar-refractivity contribution in [3.05, 3.63) is 95.6 Å². The molecule has 0 nitrogen and oxygen atoms in total. The van der Waals surface area contributed by atoms with E-state index in [1.165, 1.54) is 38.6 Å². The summed E-state index contributed by atoms with van der Waals surface area (Å²) in [6.07, 6.45) is 0. The molecular weight excluding hydrogens is 527 g/mol. The Labute approximate surface area is 229 Å². The van der Waals surface area contributed by atoms with E-state index in [2.05, 4.69) is 114 Å². The van der Waals surface area contributed by atoms with Gasteiger partial charge in [0.1, 0.15) is 0 Å². The Hall–Kier alpha value is -0.920. The van der Waals surface area contributed by atoms with Gasteiger partial charge in [0.2, 0.25) is 0 Å². The second-order valence-corrected chi connectivity index (χ2v) is 9.86. The second-order valence-electron chi connectivity index (χ2n) is 8.71. The average molecular weight is 562 g/mol. The Balaban J connectivity index is 0. The van der Waals surface area contributed by atoms with Crippen LogP contribution < -0.4 is 24.8 Å². The summed E-state index contributed by atoms with van der Waals surface area (Å²) in [5.41, 5.74) is 6.90. The molecule has 4 rings (SSSR count). The summed E-state index contributed by atoms with van der Waals surface area (Å²) in [6, 6.07) is 28.3. The van der Waals surface area contributed by atoms with Gasteiger partial charge in [0.25, 0.3) is 0 Å². The standard InChI is InChI=1S/C20H21.C6H7.C2H7Si.2ClH.Zr/c1-14-12-16-6-5-7-18(19(16)13-14)15-8-10-17(11-9-15)20(2,3)4;1-6-4-2-3-5-6;1-3-2;;;/h5-13H,1-4H3;2-5H,1H3;3H,1-2H3;2*1H;/q2*-1;;;;+4/p-2. The summed E-state index contributed by atoms with van der Waals surface area (Å²) in [4.78, 5) is 0. The zero-order valence-electron chi connectivity index (χ0n) is 20.3. The van der Waals surface area contributed by atoms with Crippen LogP contribution in [0.5, 0.6) is 0 Å². The topological polar surface area (TPSA) is 0 Å². The summed E-state index contributed by atoms with van der Waals surface area (Å²) in [5, 5.41) is 2.69. The molecule has 0 unspecified atom stereocenters. The molecule has 0 bridgehead atoms. The number of rotatable bonds is 1. The first-order valence-electron chi connectivity index (χ1n) is 10.5. The van der Waals surface area contributed by atoms with Crippen LogP contribution in [0.3, 0.4) is 0 Å². The third-order valence-electron chi connectivity index (χ3n) is 4.79. The van der Waals surface area contributed by atoms with Crippen molar-refractivity contribution in [2.24, 2.45) is 0 Å². The molecule has 0 saturated heterocycles. The van der Waals surface area contributed by atoms with Crippen LogP contribution in [-0.4, -0.2) is 9.52 Å². The largest absolute Gasteiger partial charge is 4.00 e. The Bertz CT molecular complexity index is 994. The predicted octanol–water partition coefficient (Wildman–Crippen LogP) is 2.07. The Kier molecular flexibility index (Phi) is 16.5. The molecule has 0 atom stereocenters. The summed E-state index contributed by atoms with van der Waals surface area (Å²) in [7, 11) is 0.750. The molecular formula is C28H35Cl2SiZr. The van der Waals surface area contributed by atoms with Crippen LogP contribution in [0.25, 0.3) is 21.9 Å². The fraction of sp³-hybridized carbons (Fsp3) is 0.286. The number of aryl methyl sites for hydroxylation is 2. The van der Waals surface area contributed by atoms with Crippen molar-refractivity contribution in [3.63, 3.8) is 0 Å². The van der Waals surface area contributed by atoms with Gasteiger partial charge in [-0.3, -0.25) is 0 Å². The Morgan fingerprint density at radius 3 is 1.88 bits per heavy atom. The SMILES string of the molecule is C[SiH]C.Cc1cc2c(-c3ccc(C(C)(C)C)cc3)cccc2[cH-]1.Cc1cc[cH-]c1.[Cl-].[Cl-].[Zr+4]. The van der Waals surface area contributed by atoms with E-state index in [0.717, 1.165) is 9.52 Å². The third-order valence-corrected chi connectivity index (χ3v) is 4.79. The number of hydrogen-bond acceptors (Lipinski definition) is 0. The predicted molar refractivity (Wildman–Crippen MR) is 134 cm³/mol. The van der Waals surface area contributed by atoms with Gasteiger partial charge in [0.15, 0.2) is 0 Å². The normalized spacial score (nSPS) is 9.72. The summed E-state index contributed by atoms with van der Waals surface area (Å²) in [5.74, 6) is 0. The van der Waals surface area contributed by atoms with E-state index in [-0.39, 0.29) is 56.4 Å². The summed E-state index contributed by atoms with van der Waals surface area (Å²) >= 11 is 0. The van der Waals surface area contributed by atoms with E-state index in [1.54, 1.807) is 0 Å². The van der Waals surface area contributed by atoms with Crippen molar-refractivity contribution in [1.29, 1.82) is 0 Å². The van der Waals surface area contributed by atoms with Gasteiger partial charge in [-0.25, -0.2) is 11.6 Å². The van der Waals surface area contributed by atoms with Gasteiger partial charge >= 0.3 is 26.2 Å². The van der Waals surface area contributed by atoms with Crippen LogP contribution in [0.4, 0.5) is 0 Å². The molecule has 0 aliphatic carbocycles. The number of fused-ring (bicyclic) bond motifs is 1. The molecule has 0 N–H and O–H groups in total. The zero-order chi connectivity index (χ0) is 21.4. The minimum Gasteiger partial charge on any atom is -1.00 e. The minimum absolute atomic E-state index is 0. The van der Waals surface area contributed by atoms with Crippen molar-refractivity contribution in [2.45, 2.75) is 53.1 Å². The molecule has 0 fully saturated rings. The first-order valence-corrected chi connectivity index (χ1v) is 12.8. The van der Waals surface area contributed by atoms with E-state index in [4.69, 9.17) is 0 Å². The third kappa shape index (κ3) is 9.92. The van der Waals surface area contributed by atoms with E-state index in [0.29, 0.717) is 0 Å². The summed E-state index contributed by atoms with van der Waals surface area (Å²) < 4.78 is 0. The van der Waals surface area contributed by atoms with Gasteiger partial charge in [-0.15, -0.1) is 34.5 Å². The average Bonchev–Trinajstić information content (AvgIpc) is 3.29. The van der Waals surface area contributed by atoms with Gasteiger partial charge in [-0.2, -0.15) is 24.3 Å². The maximum atomic E-state index is 2.28. The van der Waals surface area contributed by atoms with Crippen LogP contribution in [0, 0.1) is 13.8 Å². The van der Waals surface area contributed by atoms with Crippen molar-refractivity contribution in [2.75, 3.05) is 0 Å². The summed E-state index contributed by atoms with van der Waals surface area (Å²) in [6.45, 7) is 15.4. The molecule has 4 aromatic carbocycles. The van der Waals surface area contributed by atoms with Crippen LogP contribution in [-0.2, 0) is 31.6 Å². The fourth-order valence-corrected chi connectivity index (χ4v) is 3.26. The molecule has 4 aromatic rings. The van der Waals surface area contributed by atoms with Gasteiger partial charge in [0, 0.05) is 9.52 Å². The minimum atomic E-state index is 0. The molecule has 4 heteroatoms. The fourth-order valence-electron chi connectivity index (χ4n) is 3.26. The molecule has 169 valence electrons. The number of benzene rings is 2. The van der Waals surface area contributed by atoms with Crippen molar-refractivity contribution >= 4 is 20.3 Å². The van der Waals surface area contributed by atoms with Crippen LogP contribution in [0.1, 0.15) is 37.5 Å². The van der Waals surface area contributed by atoms with Crippen molar-refractivity contribution in [1.82, 2.24) is 0 Å². The zero-order valence-corrected chi connectivity index (χ0v) is 25.5. The van der Waals surface area contributed by atoms with Crippen LogP contribution in [0.15, 0.2) is 78.9 Å². The first-order chi connectivity index (χ1) is 13.8. The molecule has 0 aliphatic rings. The molecule has 32 heavy (non-hydrogen) atoms. The van der Waals surface area contributed by atoms with Gasteiger partial charge in [-0.1, -0.05) is 83.6 Å². The van der Waals surface area contributed by atoms with Crippen LogP contribution in [0.2, 0.25) is 13.1 Å². The molecule has 0 aromatic heterocycles. The first kappa shape index (κ1) is 33.3. The number of hydrogen-bond donors (Lipinski definition) is 0. The van der Waals surface area contributed by atoms with E-state index in [1.807, 2.05) is 12.1 Å². The maximum absolute atomic E-state index is 2.28. The van der Waals surface area contributed by atoms with Gasteiger partial charge in [0.05, 0.1) is 0 Å². The molecule has 0 amide bonds. The molecule has 0 heterocycles. The molecule has 0 aliphatic heterocycles. The molecule has 1 radical (unpaired) electrons. The maximum Gasteiger partial charge on any atom is 4.00 e. The molecule has 0 spiro atoms. The number of halogens is 2. The Morgan fingerprint density at radius 1 is 0.844 bits per heavy atom. The smallest absolute Gasteiger partial charge is 1.00 e. The van der Waals surface area contributed by atoms with Crippen LogP contribution >= 0.6 is 0 Å². The van der Waals surface area contributed by atoms with E-state index in [9.17, 15) is 0 Å². The quantitative estimate of drug-likeness (QED) is 0.247. The van der Waals surface area contributed by atoms with E-state index < -0.39 is 0 Å². The monoisotopic (exact) mass is 559 g/mol. The molecule has 0 saturated carbocycles. The van der Waals surface area contributed by atoms with Crippen molar-refractivity contribution in [3.8, 4) is 11.1 Å². The Morgan fingerprint density at radius 2 is 1.44 bits per heavy atom. The van der Waals surface area contributed by atoms with E-state index >= 15 is 0 Å². The second kappa shape index (κ2) is 15.8.